The Kier molecular flexibility index (Phi) is 4.51. The van der Waals surface area contributed by atoms with Gasteiger partial charge < -0.3 is 10.2 Å². The summed E-state index contributed by atoms with van der Waals surface area (Å²) in [5.41, 5.74) is 1.05. The van der Waals surface area contributed by atoms with E-state index in [2.05, 4.69) is 45.7 Å². The Labute approximate surface area is 135 Å². The average molecular weight is 317 g/mol. The second-order valence-corrected chi connectivity index (χ2v) is 6.55. The first-order valence-corrected chi connectivity index (χ1v) is 8.61. The van der Waals surface area contributed by atoms with E-state index in [0.29, 0.717) is 0 Å². The third-order valence-corrected chi connectivity index (χ3v) is 5.08. The summed E-state index contributed by atoms with van der Waals surface area (Å²) in [5.74, 6) is 0. The van der Waals surface area contributed by atoms with Crippen LogP contribution in [0.4, 0.5) is 0 Å². The second-order valence-electron chi connectivity index (χ2n) is 5.19. The summed E-state index contributed by atoms with van der Waals surface area (Å²) in [6.45, 7) is 3.21. The zero-order valence-corrected chi connectivity index (χ0v) is 13.7. The smallest absolute Gasteiger partial charge is 0.170 e. The fourth-order valence-corrected chi connectivity index (χ4v) is 3.95. The van der Waals surface area contributed by atoms with Crippen LogP contribution >= 0.6 is 23.6 Å². The molecule has 1 aliphatic heterocycles. The topological polar surface area (TPSA) is 28.2 Å². The molecule has 1 N–H and O–H groups in total. The average Bonchev–Trinajstić information content (AvgIpc) is 3.13. The van der Waals surface area contributed by atoms with Gasteiger partial charge in [-0.3, -0.25) is 4.98 Å². The van der Waals surface area contributed by atoms with Crippen molar-refractivity contribution in [2.45, 2.75) is 31.8 Å². The van der Waals surface area contributed by atoms with Crippen molar-refractivity contribution in [3.8, 4) is 0 Å². The van der Waals surface area contributed by atoms with E-state index < -0.39 is 0 Å². The summed E-state index contributed by atoms with van der Waals surface area (Å²) < 4.78 is 0. The van der Waals surface area contributed by atoms with Gasteiger partial charge in [-0.25, -0.2) is 0 Å². The molecule has 0 bridgehead atoms. The fourth-order valence-electron chi connectivity index (χ4n) is 2.74. The van der Waals surface area contributed by atoms with Crippen molar-refractivity contribution in [1.82, 2.24) is 15.2 Å². The monoisotopic (exact) mass is 317 g/mol. The van der Waals surface area contributed by atoms with Crippen LogP contribution in [-0.4, -0.2) is 21.5 Å². The molecular formula is C16H19N3S2. The van der Waals surface area contributed by atoms with Gasteiger partial charge in [0.1, 0.15) is 0 Å². The van der Waals surface area contributed by atoms with Crippen LogP contribution in [0, 0.1) is 0 Å². The molecule has 21 heavy (non-hydrogen) atoms. The van der Waals surface area contributed by atoms with Crippen molar-refractivity contribution in [3.63, 3.8) is 0 Å². The minimum absolute atomic E-state index is 0.134. The van der Waals surface area contributed by atoms with Gasteiger partial charge in [0.25, 0.3) is 0 Å². The van der Waals surface area contributed by atoms with Gasteiger partial charge in [-0.05, 0) is 42.2 Å². The van der Waals surface area contributed by atoms with E-state index >= 15 is 0 Å². The number of nitrogens with one attached hydrogen (secondary N) is 1. The van der Waals surface area contributed by atoms with Gasteiger partial charge in [-0.1, -0.05) is 25.5 Å². The Bertz CT molecular complexity index is 583. The van der Waals surface area contributed by atoms with Crippen LogP contribution in [0.15, 0.2) is 41.9 Å². The Morgan fingerprint density at radius 3 is 2.90 bits per heavy atom. The molecule has 1 fully saturated rings. The van der Waals surface area contributed by atoms with Gasteiger partial charge in [0.15, 0.2) is 5.11 Å². The first-order valence-electron chi connectivity index (χ1n) is 7.32. The van der Waals surface area contributed by atoms with Gasteiger partial charge in [-0.2, -0.15) is 0 Å². The summed E-state index contributed by atoms with van der Waals surface area (Å²) in [6.07, 6.45) is 4.17. The first kappa shape index (κ1) is 14.5. The van der Waals surface area contributed by atoms with Crippen LogP contribution in [0.5, 0.6) is 0 Å². The molecular weight excluding hydrogens is 298 g/mol. The Morgan fingerprint density at radius 2 is 2.24 bits per heavy atom. The molecule has 2 atom stereocenters. The van der Waals surface area contributed by atoms with Crippen LogP contribution in [0.3, 0.4) is 0 Å². The Balaban J connectivity index is 1.94. The maximum Gasteiger partial charge on any atom is 0.170 e. The SMILES string of the molecule is CCCCN1C(=S)N[C@H](c2ccccn2)[C@@H]1c1cccs1. The first-order chi connectivity index (χ1) is 10.3. The molecule has 110 valence electrons. The maximum atomic E-state index is 5.57. The van der Waals surface area contributed by atoms with Crippen LogP contribution in [0.2, 0.25) is 0 Å². The molecule has 0 spiro atoms. The van der Waals surface area contributed by atoms with E-state index in [1.807, 2.05) is 18.3 Å². The highest BCUT2D eigenvalue weighted by molar-refractivity contribution is 7.80. The molecule has 0 aliphatic carbocycles. The summed E-state index contributed by atoms with van der Waals surface area (Å²) in [7, 11) is 0. The minimum atomic E-state index is 0.134. The predicted octanol–water partition coefficient (Wildman–Crippen LogP) is 3.92. The largest absolute Gasteiger partial charge is 0.352 e. The van der Waals surface area contributed by atoms with Crippen molar-refractivity contribution in [3.05, 3.63) is 52.5 Å². The molecule has 3 nitrogen and oxygen atoms in total. The van der Waals surface area contributed by atoms with E-state index in [-0.39, 0.29) is 12.1 Å². The molecule has 2 aromatic heterocycles. The minimum Gasteiger partial charge on any atom is -0.352 e. The van der Waals surface area contributed by atoms with Gasteiger partial charge in [0.05, 0.1) is 17.8 Å². The maximum absolute atomic E-state index is 5.57. The van der Waals surface area contributed by atoms with E-state index in [9.17, 15) is 0 Å². The van der Waals surface area contributed by atoms with Crippen molar-refractivity contribution >= 4 is 28.7 Å². The van der Waals surface area contributed by atoms with Gasteiger partial charge in [-0.15, -0.1) is 11.3 Å². The fraction of sp³-hybridized carbons (Fsp3) is 0.375. The molecule has 0 aromatic carbocycles. The predicted molar refractivity (Wildman–Crippen MR) is 91.4 cm³/mol. The molecule has 5 heteroatoms. The molecule has 0 unspecified atom stereocenters. The van der Waals surface area contributed by atoms with Crippen molar-refractivity contribution in [2.75, 3.05) is 6.54 Å². The lowest BCUT2D eigenvalue weighted by molar-refractivity contribution is 0.317. The van der Waals surface area contributed by atoms with Crippen molar-refractivity contribution in [1.29, 1.82) is 0 Å². The van der Waals surface area contributed by atoms with Crippen LogP contribution in [0.1, 0.15) is 42.4 Å². The number of rotatable bonds is 5. The molecule has 0 radical (unpaired) electrons. The second kappa shape index (κ2) is 6.54. The Morgan fingerprint density at radius 1 is 1.33 bits per heavy atom. The molecule has 0 saturated carbocycles. The highest BCUT2D eigenvalue weighted by Crippen LogP contribution is 2.40. The number of thiocarbonyl (C=S) groups is 1. The molecule has 3 heterocycles. The Hall–Kier alpha value is -1.46. The molecule has 1 saturated heterocycles. The van der Waals surface area contributed by atoms with E-state index in [4.69, 9.17) is 12.2 Å². The normalized spacial score (nSPS) is 21.6. The number of pyridine rings is 1. The number of hydrogen-bond donors (Lipinski definition) is 1. The van der Waals surface area contributed by atoms with Gasteiger partial charge in [0, 0.05) is 17.6 Å². The molecule has 2 aromatic rings. The molecule has 0 amide bonds. The summed E-state index contributed by atoms with van der Waals surface area (Å²) in [5, 5.41) is 6.44. The highest BCUT2D eigenvalue weighted by Gasteiger charge is 2.39. The van der Waals surface area contributed by atoms with E-state index in [1.54, 1.807) is 11.3 Å². The number of nitrogens with zero attached hydrogens (tertiary/aromatic N) is 2. The summed E-state index contributed by atoms with van der Waals surface area (Å²) in [6, 6.07) is 10.7. The lowest BCUT2D eigenvalue weighted by Crippen LogP contribution is -2.30. The number of aromatic nitrogens is 1. The van der Waals surface area contributed by atoms with Crippen molar-refractivity contribution in [2.24, 2.45) is 0 Å². The lowest BCUT2D eigenvalue weighted by atomic mass is 10.0. The van der Waals surface area contributed by atoms with Crippen LogP contribution in [-0.2, 0) is 0 Å². The molecule has 1 aliphatic rings. The quantitative estimate of drug-likeness (QED) is 0.846. The van der Waals surface area contributed by atoms with Gasteiger partial charge in [0.2, 0.25) is 0 Å². The standard InChI is InChI=1S/C16H19N3S2/c1-2-3-10-19-15(13-8-6-11-21-13)14(18-16(19)20)12-7-4-5-9-17-12/h4-9,11,14-15H,2-3,10H2,1H3,(H,18,20)/t14-,15+/m1/s1. The highest BCUT2D eigenvalue weighted by atomic mass is 32.1. The summed E-state index contributed by atoms with van der Waals surface area (Å²) >= 11 is 7.36. The number of thiophene rings is 1. The van der Waals surface area contributed by atoms with Crippen molar-refractivity contribution < 1.29 is 0 Å². The lowest BCUT2D eigenvalue weighted by Gasteiger charge is -2.26. The van der Waals surface area contributed by atoms with Crippen LogP contribution in [0.25, 0.3) is 0 Å². The number of hydrogen-bond acceptors (Lipinski definition) is 3. The van der Waals surface area contributed by atoms with E-state index in [1.165, 1.54) is 11.3 Å². The zero-order chi connectivity index (χ0) is 14.7. The van der Waals surface area contributed by atoms with E-state index in [0.717, 1.165) is 23.8 Å². The third kappa shape index (κ3) is 2.94. The molecule has 3 rings (SSSR count). The number of unbranched alkanes of at least 4 members (excludes halogenated alkanes) is 1. The van der Waals surface area contributed by atoms with Gasteiger partial charge >= 0.3 is 0 Å². The third-order valence-electron chi connectivity index (χ3n) is 3.79. The zero-order valence-electron chi connectivity index (χ0n) is 12.0. The van der Waals surface area contributed by atoms with Crippen LogP contribution < -0.4 is 5.32 Å². The summed E-state index contributed by atoms with van der Waals surface area (Å²) in [4.78, 5) is 8.19.